The van der Waals surface area contributed by atoms with Gasteiger partial charge in [-0.15, -0.1) is 40.5 Å². The molecule has 6 heteroatoms. The molecule has 1 radical (unpaired) electrons. The summed E-state index contributed by atoms with van der Waals surface area (Å²) < 4.78 is 5.38. The van der Waals surface area contributed by atoms with Gasteiger partial charge in [-0.25, -0.2) is 6.08 Å². The van der Waals surface area contributed by atoms with Crippen LogP contribution in [0.4, 0.5) is 0 Å². The molecule has 0 saturated heterocycles. The van der Waals surface area contributed by atoms with Crippen molar-refractivity contribution in [3.05, 3.63) is 34.9 Å². The molecule has 0 N–H and O–H groups in total. The van der Waals surface area contributed by atoms with Gasteiger partial charge in [0, 0.05) is 39.8 Å². The number of carbonyl (C=O) groups is 1. The number of nitrogens with zero attached hydrogens (tertiary/aromatic N) is 1. The molecule has 1 atom stereocenters. The summed E-state index contributed by atoms with van der Waals surface area (Å²) in [6.45, 7) is 2.49. The van der Waals surface area contributed by atoms with Crippen LogP contribution in [0.3, 0.4) is 0 Å². The van der Waals surface area contributed by atoms with Crippen LogP contribution in [0.2, 0.25) is 5.02 Å². The van der Waals surface area contributed by atoms with Gasteiger partial charge in [-0.2, -0.15) is 0 Å². The molecule has 0 fully saturated rings. The average Bonchev–Trinajstić information content (AvgIpc) is 2.38. The first kappa shape index (κ1) is 18.0. The molecule has 0 spiro atoms. The molecule has 0 saturated carbocycles. The van der Waals surface area contributed by atoms with Gasteiger partial charge in [-0.1, -0.05) is 6.42 Å². The predicted octanol–water partition coefficient (Wildman–Crippen LogP) is 3.35. The summed E-state index contributed by atoms with van der Waals surface area (Å²) in [6, 6.07) is 5.39. The number of benzene rings is 1. The second kappa shape index (κ2) is 7.79. The van der Waals surface area contributed by atoms with E-state index in [-0.39, 0.29) is 38.6 Å². The van der Waals surface area contributed by atoms with E-state index < -0.39 is 5.38 Å². The maximum absolute atomic E-state index is 11.9. The van der Waals surface area contributed by atoms with Gasteiger partial charge in [-0.05, 0) is 24.1 Å². The quantitative estimate of drug-likeness (QED) is 0.588. The summed E-state index contributed by atoms with van der Waals surface area (Å²) in [5.41, 5.74) is 1.42. The van der Waals surface area contributed by atoms with Gasteiger partial charge in [-0.3, -0.25) is 4.79 Å². The second-order valence-corrected chi connectivity index (χ2v) is 5.10. The molecular formula is C14H14Cl2NO2Y-. The maximum atomic E-state index is 11.9. The van der Waals surface area contributed by atoms with Crippen molar-refractivity contribution in [3.8, 4) is 5.75 Å². The molecule has 1 aromatic rings. The van der Waals surface area contributed by atoms with Gasteiger partial charge in [0.1, 0.15) is 11.1 Å². The molecule has 0 bridgehead atoms. The van der Waals surface area contributed by atoms with Gasteiger partial charge in [0.2, 0.25) is 5.91 Å². The van der Waals surface area contributed by atoms with Crippen LogP contribution in [-0.4, -0.2) is 29.8 Å². The van der Waals surface area contributed by atoms with E-state index in [4.69, 9.17) is 27.9 Å². The number of hydrogen-bond acceptors (Lipinski definition) is 2. The number of allylic oxidation sites excluding steroid dienone is 1. The Morgan fingerprint density at radius 2 is 2.20 bits per heavy atom. The summed E-state index contributed by atoms with van der Waals surface area (Å²) in [6.07, 6.45) is 3.51. The van der Waals surface area contributed by atoms with E-state index in [1.165, 1.54) is 4.90 Å². The van der Waals surface area contributed by atoms with E-state index in [0.29, 0.717) is 29.5 Å². The van der Waals surface area contributed by atoms with Crippen LogP contribution in [0.25, 0.3) is 5.70 Å². The summed E-state index contributed by atoms with van der Waals surface area (Å²) in [5.74, 6) is 0.567. The number of ether oxygens (including phenoxy) is 1. The Balaban J connectivity index is 0.00000200. The summed E-state index contributed by atoms with van der Waals surface area (Å²) in [7, 11) is 1.67. The third-order valence-corrected chi connectivity index (χ3v) is 3.54. The molecule has 2 rings (SSSR count). The van der Waals surface area contributed by atoms with E-state index in [2.05, 4.69) is 6.08 Å². The number of amides is 1. The van der Waals surface area contributed by atoms with Gasteiger partial charge < -0.3 is 9.64 Å². The average molecular weight is 388 g/mol. The smallest absolute Gasteiger partial charge is 0.240 e. The van der Waals surface area contributed by atoms with Crippen molar-refractivity contribution in [2.24, 2.45) is 0 Å². The van der Waals surface area contributed by atoms with E-state index in [9.17, 15) is 4.79 Å². The first-order valence-corrected chi connectivity index (χ1v) is 6.81. The zero-order valence-electron chi connectivity index (χ0n) is 11.3. The van der Waals surface area contributed by atoms with Crippen molar-refractivity contribution >= 4 is 34.8 Å². The topological polar surface area (TPSA) is 29.5 Å². The zero-order valence-corrected chi connectivity index (χ0v) is 15.7. The molecule has 20 heavy (non-hydrogen) atoms. The van der Waals surface area contributed by atoms with Crippen LogP contribution in [0.5, 0.6) is 5.75 Å². The van der Waals surface area contributed by atoms with Gasteiger partial charge in [0.05, 0.1) is 6.61 Å². The number of carbonyl (C=O) groups excluding carboxylic acids is 1. The Hall–Kier alpha value is -0.0861. The summed E-state index contributed by atoms with van der Waals surface area (Å²) in [5, 5.41) is -0.0173. The predicted molar refractivity (Wildman–Crippen MR) is 76.3 cm³/mol. The maximum Gasteiger partial charge on any atom is 0.240 e. The van der Waals surface area contributed by atoms with Crippen molar-refractivity contribution in [3.63, 3.8) is 0 Å². The number of rotatable bonds is 3. The minimum atomic E-state index is -0.546. The van der Waals surface area contributed by atoms with Gasteiger partial charge in [0.25, 0.3) is 0 Å². The normalized spacial score (nSPS) is 18.4. The minimum Gasteiger partial charge on any atom is -0.494 e. The van der Waals surface area contributed by atoms with Crippen molar-refractivity contribution in [2.45, 2.75) is 18.7 Å². The third-order valence-electron chi connectivity index (χ3n) is 2.89. The molecule has 1 heterocycles. The molecule has 1 aliphatic rings. The van der Waals surface area contributed by atoms with Crippen molar-refractivity contribution in [2.75, 3.05) is 13.7 Å². The second-order valence-electron chi connectivity index (χ2n) is 4.17. The van der Waals surface area contributed by atoms with Gasteiger partial charge in [0.15, 0.2) is 0 Å². The minimum absolute atomic E-state index is 0. The Morgan fingerprint density at radius 1 is 1.50 bits per heavy atom. The van der Waals surface area contributed by atoms with Crippen LogP contribution < -0.4 is 4.74 Å². The summed E-state index contributed by atoms with van der Waals surface area (Å²) in [4.78, 5) is 13.3. The van der Waals surface area contributed by atoms with Crippen molar-refractivity contribution in [1.82, 2.24) is 4.90 Å². The molecular weight excluding hydrogens is 374 g/mol. The van der Waals surface area contributed by atoms with Crippen LogP contribution in [0.15, 0.2) is 18.2 Å². The fourth-order valence-electron chi connectivity index (χ4n) is 1.93. The molecule has 3 nitrogen and oxygen atoms in total. The van der Waals surface area contributed by atoms with E-state index in [1.54, 1.807) is 13.1 Å². The SMILES string of the molecule is CCOc1ccc(C2=[C-]CC(Cl)C(=O)N2C)c(Cl)c1.[Y]. The third kappa shape index (κ3) is 3.76. The first-order valence-electron chi connectivity index (χ1n) is 5.99. The van der Waals surface area contributed by atoms with Crippen molar-refractivity contribution in [1.29, 1.82) is 0 Å². The fraction of sp³-hybridized carbons (Fsp3) is 0.357. The standard InChI is InChI=1S/C14H14Cl2NO2.Y/c1-3-19-9-4-5-10(12(16)8-9)13-7-6-11(15)14(18)17(13)2;/h4-5,8,11H,3,6H2,1-2H3;/q-1;. The number of alkyl halides is 1. The Bertz CT molecular complexity index is 534. The molecule has 1 amide bonds. The molecule has 0 aromatic heterocycles. The zero-order chi connectivity index (χ0) is 14.0. The van der Waals surface area contributed by atoms with Crippen LogP contribution >= 0.6 is 23.2 Å². The first-order chi connectivity index (χ1) is 9.04. The molecule has 1 aromatic carbocycles. The van der Waals surface area contributed by atoms with Crippen molar-refractivity contribution < 1.29 is 42.2 Å². The van der Waals surface area contributed by atoms with E-state index in [0.717, 1.165) is 5.56 Å². The Labute approximate surface area is 154 Å². The number of hydrogen-bond donors (Lipinski definition) is 0. The Morgan fingerprint density at radius 3 is 2.80 bits per heavy atom. The van der Waals surface area contributed by atoms with Crippen LogP contribution in [-0.2, 0) is 37.5 Å². The number of halogens is 2. The Kier molecular flexibility index (Phi) is 7.00. The summed E-state index contributed by atoms with van der Waals surface area (Å²) >= 11 is 12.1. The largest absolute Gasteiger partial charge is 0.494 e. The molecule has 1 unspecified atom stereocenters. The molecule has 105 valence electrons. The van der Waals surface area contributed by atoms with Crippen LogP contribution in [0, 0.1) is 6.08 Å². The monoisotopic (exact) mass is 387 g/mol. The molecule has 0 aliphatic carbocycles. The van der Waals surface area contributed by atoms with Gasteiger partial charge >= 0.3 is 0 Å². The van der Waals surface area contributed by atoms with E-state index >= 15 is 0 Å². The van der Waals surface area contributed by atoms with Crippen LogP contribution in [0.1, 0.15) is 18.9 Å². The van der Waals surface area contributed by atoms with E-state index in [1.807, 2.05) is 19.1 Å². The molecule has 1 aliphatic heterocycles. The fourth-order valence-corrected chi connectivity index (χ4v) is 2.42.